The normalized spacial score (nSPS) is 13.7. The predicted molar refractivity (Wildman–Crippen MR) is 106 cm³/mol. The molecule has 1 aromatic carbocycles. The maximum absolute atomic E-state index is 13.8. The number of hydrogen-bond donors (Lipinski definition) is 3. The number of nitrogens with one attached hydrogen (secondary N) is 3. The van der Waals surface area contributed by atoms with Gasteiger partial charge in [-0.2, -0.15) is 13.2 Å². The Morgan fingerprint density at radius 2 is 1.75 bits per heavy atom. The van der Waals surface area contributed by atoms with Gasteiger partial charge >= 0.3 is 17.8 Å². The zero-order valence-electron chi connectivity index (χ0n) is 17.5. The van der Waals surface area contributed by atoms with E-state index in [9.17, 15) is 31.2 Å². The number of rotatable bonds is 8. The predicted octanol–water partition coefficient (Wildman–Crippen LogP) is 2.46. The van der Waals surface area contributed by atoms with Crippen LogP contribution in [0.5, 0.6) is 0 Å². The molecule has 1 aromatic heterocycles. The molecule has 0 saturated heterocycles. The number of hydrogen-bond acceptors (Lipinski definition) is 8. The van der Waals surface area contributed by atoms with E-state index in [-0.39, 0.29) is 23.1 Å². The van der Waals surface area contributed by atoms with E-state index in [2.05, 4.69) is 14.6 Å². The van der Waals surface area contributed by atoms with E-state index in [1.807, 2.05) is 5.32 Å². The van der Waals surface area contributed by atoms with Crippen molar-refractivity contribution >= 4 is 33.5 Å². The fourth-order valence-corrected chi connectivity index (χ4v) is 3.57. The Morgan fingerprint density at radius 1 is 1.16 bits per heavy atom. The molecule has 0 aliphatic carbocycles. The first kappa shape index (κ1) is 25.0. The molecule has 0 aliphatic rings. The molecule has 10 nitrogen and oxygen atoms in total. The van der Waals surface area contributed by atoms with E-state index in [0.717, 1.165) is 31.2 Å². The van der Waals surface area contributed by atoms with Crippen LogP contribution in [0.2, 0.25) is 0 Å². The number of benzene rings is 1. The van der Waals surface area contributed by atoms with Crippen LogP contribution >= 0.6 is 0 Å². The van der Waals surface area contributed by atoms with Crippen LogP contribution in [-0.2, 0) is 24.3 Å². The highest BCUT2D eigenvalue weighted by Crippen LogP contribution is 2.33. The molecule has 0 unspecified atom stereocenters. The van der Waals surface area contributed by atoms with Gasteiger partial charge in [-0.05, 0) is 45.0 Å². The Labute approximate surface area is 181 Å². The lowest BCUT2D eigenvalue weighted by Gasteiger charge is -2.35. The van der Waals surface area contributed by atoms with Crippen LogP contribution < -0.4 is 15.4 Å². The molecule has 1 amide bonds. The quantitative estimate of drug-likeness (QED) is 0.388. The number of ether oxygens (including phenoxy) is 1. The highest BCUT2D eigenvalue weighted by Gasteiger charge is 2.63. The van der Waals surface area contributed by atoms with Crippen molar-refractivity contribution in [3.8, 4) is 0 Å². The molecule has 1 heterocycles. The summed E-state index contributed by atoms with van der Waals surface area (Å²) in [6, 6.07) is 4.00. The Bertz CT molecular complexity index is 1100. The summed E-state index contributed by atoms with van der Waals surface area (Å²) < 4.78 is 78.2. The minimum absolute atomic E-state index is 0.103. The molecule has 2 aromatic rings. The molecule has 14 heteroatoms. The van der Waals surface area contributed by atoms with Gasteiger partial charge in [0.1, 0.15) is 0 Å². The van der Waals surface area contributed by atoms with Gasteiger partial charge in [0.25, 0.3) is 10.0 Å². The van der Waals surface area contributed by atoms with Gasteiger partial charge in [-0.1, -0.05) is 5.16 Å². The minimum atomic E-state index is -5.29. The van der Waals surface area contributed by atoms with Gasteiger partial charge in [-0.25, -0.2) is 17.9 Å². The zero-order valence-corrected chi connectivity index (χ0v) is 18.3. The number of alkyl halides is 3. The number of aromatic nitrogens is 1. The second-order valence-corrected chi connectivity index (χ2v) is 8.31. The largest absolute Gasteiger partial charge is 0.463 e. The first-order chi connectivity index (χ1) is 14.7. The molecule has 3 N–H and O–H groups in total. The van der Waals surface area contributed by atoms with E-state index in [1.54, 1.807) is 19.2 Å². The van der Waals surface area contributed by atoms with Crippen LogP contribution in [-0.4, -0.2) is 43.9 Å². The van der Waals surface area contributed by atoms with Gasteiger partial charge < -0.3 is 19.9 Å². The number of carbonyl (C=O) groups excluding carboxylic acids is 2. The molecule has 0 spiro atoms. The van der Waals surface area contributed by atoms with Gasteiger partial charge in [0.05, 0.1) is 17.2 Å². The Balaban J connectivity index is 2.37. The number of anilines is 2. The number of halogens is 3. The van der Waals surface area contributed by atoms with E-state index < -0.39 is 33.7 Å². The van der Waals surface area contributed by atoms with Crippen LogP contribution in [0.4, 0.5) is 24.7 Å². The highest BCUT2D eigenvalue weighted by molar-refractivity contribution is 7.92. The van der Waals surface area contributed by atoms with Crippen molar-refractivity contribution < 1.29 is 40.4 Å². The van der Waals surface area contributed by atoms with Crippen molar-refractivity contribution in [1.29, 1.82) is 0 Å². The fraction of sp³-hybridized carbons (Fsp3) is 0.389. The lowest BCUT2D eigenvalue weighted by atomic mass is 10.1. The van der Waals surface area contributed by atoms with Crippen molar-refractivity contribution in [1.82, 2.24) is 10.5 Å². The van der Waals surface area contributed by atoms with Gasteiger partial charge in [0, 0.05) is 18.2 Å². The van der Waals surface area contributed by atoms with Crippen molar-refractivity contribution in [2.24, 2.45) is 0 Å². The molecule has 2 rings (SSSR count). The van der Waals surface area contributed by atoms with E-state index >= 15 is 0 Å². The second-order valence-electron chi connectivity index (χ2n) is 6.63. The van der Waals surface area contributed by atoms with E-state index in [1.165, 1.54) is 6.92 Å². The average molecular weight is 478 g/mol. The van der Waals surface area contributed by atoms with Crippen molar-refractivity contribution in [3.63, 3.8) is 0 Å². The van der Waals surface area contributed by atoms with Crippen LogP contribution in [0.1, 0.15) is 25.1 Å². The molecule has 0 bridgehead atoms. The van der Waals surface area contributed by atoms with E-state index in [4.69, 9.17) is 4.52 Å². The summed E-state index contributed by atoms with van der Waals surface area (Å²) in [4.78, 5) is 23.3. The lowest BCUT2D eigenvalue weighted by Crippen LogP contribution is -2.69. The van der Waals surface area contributed by atoms with Crippen molar-refractivity contribution in [2.75, 3.05) is 16.6 Å². The summed E-state index contributed by atoms with van der Waals surface area (Å²) in [5, 5.41) is 7.10. The molecule has 1 atom stereocenters. The SMILES string of the molecule is CCOC(=O)[C@@](NC(C)=O)(Nc1ccc(S(=O)(=O)Nc2onc(C)c2C)cc1)C(F)(F)F. The third kappa shape index (κ3) is 5.12. The number of amides is 1. The fourth-order valence-electron chi connectivity index (χ4n) is 2.52. The van der Waals surface area contributed by atoms with Gasteiger partial charge in [0.15, 0.2) is 0 Å². The number of aryl methyl sites for hydroxylation is 1. The monoisotopic (exact) mass is 478 g/mol. The molecule has 32 heavy (non-hydrogen) atoms. The summed E-state index contributed by atoms with van der Waals surface area (Å²) >= 11 is 0. The molecule has 176 valence electrons. The standard InChI is InChI=1S/C18H21F3N4O6S/c1-5-30-16(27)17(18(19,20)21,22-12(4)26)23-13-6-8-14(9-7-13)32(28,29)25-15-10(2)11(3)24-31-15/h6-9,23,25H,5H2,1-4H3,(H,22,26)/t17-/m1/s1. The van der Waals surface area contributed by atoms with Gasteiger partial charge in [0.2, 0.25) is 11.8 Å². The molecule has 0 radical (unpaired) electrons. The second kappa shape index (κ2) is 9.06. The lowest BCUT2D eigenvalue weighted by molar-refractivity contribution is -0.207. The summed E-state index contributed by atoms with van der Waals surface area (Å²) in [7, 11) is -4.15. The molecule has 0 saturated carbocycles. The molecular formula is C18H21F3N4O6S. The summed E-state index contributed by atoms with van der Waals surface area (Å²) in [5.74, 6) is -3.03. The third-order valence-electron chi connectivity index (χ3n) is 4.25. The number of sulfonamides is 1. The van der Waals surface area contributed by atoms with Crippen LogP contribution in [0.15, 0.2) is 33.7 Å². The van der Waals surface area contributed by atoms with Gasteiger partial charge in [-0.3, -0.25) is 4.79 Å². The Morgan fingerprint density at radius 3 is 2.19 bits per heavy atom. The summed E-state index contributed by atoms with van der Waals surface area (Å²) in [5.41, 5.74) is -2.95. The number of nitrogens with zero attached hydrogens (tertiary/aromatic N) is 1. The third-order valence-corrected chi connectivity index (χ3v) is 5.60. The average Bonchev–Trinajstić information content (AvgIpc) is 2.98. The van der Waals surface area contributed by atoms with Gasteiger partial charge in [-0.15, -0.1) is 0 Å². The summed E-state index contributed by atoms with van der Waals surface area (Å²) in [6.45, 7) is 4.93. The van der Waals surface area contributed by atoms with Crippen LogP contribution in [0.25, 0.3) is 0 Å². The highest BCUT2D eigenvalue weighted by atomic mass is 32.2. The van der Waals surface area contributed by atoms with E-state index in [0.29, 0.717) is 11.3 Å². The summed E-state index contributed by atoms with van der Waals surface area (Å²) in [6.07, 6.45) is -5.29. The maximum atomic E-state index is 13.8. The number of esters is 1. The number of carbonyl (C=O) groups is 2. The topological polar surface area (TPSA) is 140 Å². The first-order valence-corrected chi connectivity index (χ1v) is 10.6. The zero-order chi connectivity index (χ0) is 24.3. The Kier molecular flexibility index (Phi) is 7.07. The van der Waals surface area contributed by atoms with Crippen molar-refractivity contribution in [3.05, 3.63) is 35.5 Å². The molecule has 0 fully saturated rings. The van der Waals surface area contributed by atoms with Crippen LogP contribution in [0, 0.1) is 13.8 Å². The van der Waals surface area contributed by atoms with Crippen LogP contribution in [0.3, 0.4) is 0 Å². The maximum Gasteiger partial charge on any atom is 0.441 e. The Hall–Kier alpha value is -3.29. The molecule has 0 aliphatic heterocycles. The van der Waals surface area contributed by atoms with Crippen molar-refractivity contribution in [2.45, 2.75) is 44.4 Å². The minimum Gasteiger partial charge on any atom is -0.463 e. The first-order valence-electron chi connectivity index (χ1n) is 9.10. The molecular weight excluding hydrogens is 457 g/mol. The smallest absolute Gasteiger partial charge is 0.441 e.